The summed E-state index contributed by atoms with van der Waals surface area (Å²) in [5.74, 6) is -1.41. The van der Waals surface area contributed by atoms with Gasteiger partial charge in [-0.15, -0.1) is 0 Å². The van der Waals surface area contributed by atoms with Crippen LogP contribution in [-0.4, -0.2) is 122 Å². The number of hydrogen-bond acceptors (Lipinski definition) is 7. The van der Waals surface area contributed by atoms with Crippen LogP contribution in [0.1, 0.15) is 38.5 Å². The van der Waals surface area contributed by atoms with Crippen LogP contribution in [0, 0.1) is 0 Å². The molecule has 2 aliphatic heterocycles. The molecule has 0 spiro atoms. The number of carbonyl (C=O) groups excluding carboxylic acids is 3. The van der Waals surface area contributed by atoms with E-state index in [0.29, 0.717) is 25.6 Å². The van der Waals surface area contributed by atoms with Crippen molar-refractivity contribution in [2.24, 2.45) is 0 Å². The number of likely N-dealkylation sites (tertiary alicyclic amines) is 1. The summed E-state index contributed by atoms with van der Waals surface area (Å²) in [5, 5.41) is 16.6. The van der Waals surface area contributed by atoms with Crippen LogP contribution in [0.2, 0.25) is 0 Å². The van der Waals surface area contributed by atoms with Crippen LogP contribution < -0.4 is 16.0 Å². The smallest absolute Gasteiger partial charge is 0.303 e. The first-order chi connectivity index (χ1) is 15.8. The third kappa shape index (κ3) is 11.4. The first-order valence-electron chi connectivity index (χ1n) is 12.0. The molecule has 0 bridgehead atoms. The summed E-state index contributed by atoms with van der Waals surface area (Å²) in [6.07, 6.45) is 2.92. The van der Waals surface area contributed by atoms with Gasteiger partial charge in [0.2, 0.25) is 17.7 Å². The van der Waals surface area contributed by atoms with Gasteiger partial charge in [0.15, 0.2) is 0 Å². The molecular formula is C22H40N6O5. The highest BCUT2D eigenvalue weighted by molar-refractivity contribution is 5.81. The maximum absolute atomic E-state index is 12.3. The maximum atomic E-state index is 12.3. The third-order valence-electron chi connectivity index (χ3n) is 6.15. The second-order valence-corrected chi connectivity index (χ2v) is 8.92. The molecule has 2 rings (SSSR count). The van der Waals surface area contributed by atoms with E-state index in [2.05, 4.69) is 37.7 Å². The SMILES string of the molecule is [13CH3][15N]1[13CH2][13CH2]N([13CH2][13CH]2[13CH2][13CH2][13CH2][15N]2[13CH2]C(=O)[15NH]CCC(=O)NCCC(=O)NCCCC(=O)O)[13CH2][13CH2]1. The van der Waals surface area contributed by atoms with E-state index in [4.69, 9.17) is 5.11 Å². The van der Waals surface area contributed by atoms with Crippen molar-refractivity contribution in [3.63, 3.8) is 0 Å². The Morgan fingerprint density at radius 2 is 1.42 bits per heavy atom. The number of amides is 3. The number of piperazine rings is 1. The highest BCUT2D eigenvalue weighted by Gasteiger charge is 2.28. The molecule has 2 aliphatic rings. The van der Waals surface area contributed by atoms with Gasteiger partial charge in [0.05, 0.1) is 6.54 Å². The van der Waals surface area contributed by atoms with Gasteiger partial charge in [-0.3, -0.25) is 29.0 Å². The molecule has 1 atom stereocenters. The quantitative estimate of drug-likeness (QED) is 0.136. The van der Waals surface area contributed by atoms with Gasteiger partial charge in [-0.2, -0.15) is 0 Å². The van der Waals surface area contributed by atoms with Gasteiger partial charge in [0, 0.05) is 77.7 Å². The Labute approximate surface area is 196 Å². The number of nitrogens with one attached hydrogen (secondary N) is 3. The zero-order valence-electron chi connectivity index (χ0n) is 19.8. The van der Waals surface area contributed by atoms with Crippen LogP contribution in [0.5, 0.6) is 0 Å². The lowest BCUT2D eigenvalue weighted by Gasteiger charge is -2.36. The monoisotopic (exact) mass is 482 g/mol. The Morgan fingerprint density at radius 1 is 0.818 bits per heavy atom. The number of rotatable bonds is 14. The molecule has 2 saturated heterocycles. The fourth-order valence-corrected chi connectivity index (χ4v) is 4.15. The molecule has 3 amide bonds. The van der Waals surface area contributed by atoms with Gasteiger partial charge < -0.3 is 26.0 Å². The minimum absolute atomic E-state index is 0.0113. The van der Waals surface area contributed by atoms with Crippen molar-refractivity contribution in [1.82, 2.24) is 30.7 Å². The molecule has 2 heterocycles. The largest absolute Gasteiger partial charge is 0.481 e. The first kappa shape index (κ1) is 27.0. The number of carbonyl (C=O) groups is 4. The Morgan fingerprint density at radius 3 is 2.06 bits per heavy atom. The molecular weight excluding hydrogens is 442 g/mol. The van der Waals surface area contributed by atoms with Gasteiger partial charge in [-0.25, -0.2) is 0 Å². The van der Waals surface area contributed by atoms with Crippen molar-refractivity contribution in [2.75, 3.05) is 72.5 Å². The summed E-state index contributed by atoms with van der Waals surface area (Å²) in [7, 11) is 2.15. The van der Waals surface area contributed by atoms with Crippen molar-refractivity contribution in [3.05, 3.63) is 0 Å². The van der Waals surface area contributed by atoms with Gasteiger partial charge in [0.1, 0.15) is 0 Å². The van der Waals surface area contributed by atoms with E-state index < -0.39 is 5.97 Å². The average Bonchev–Trinajstić information content (AvgIpc) is 3.19. The zero-order chi connectivity index (χ0) is 24.1. The second-order valence-electron chi connectivity index (χ2n) is 8.92. The summed E-state index contributed by atoms with van der Waals surface area (Å²) in [5.41, 5.74) is 0. The van der Waals surface area contributed by atoms with E-state index in [-0.39, 0.29) is 50.1 Å². The van der Waals surface area contributed by atoms with Crippen LogP contribution >= 0.6 is 0 Å². The molecule has 11 heteroatoms. The fraction of sp³-hybridized carbons (Fsp3) is 0.818. The highest BCUT2D eigenvalue weighted by Crippen LogP contribution is 2.18. The summed E-state index contributed by atoms with van der Waals surface area (Å²) in [6, 6.07) is 0.415. The van der Waals surface area contributed by atoms with E-state index >= 15 is 0 Å². The van der Waals surface area contributed by atoms with Gasteiger partial charge in [-0.1, -0.05) is 0 Å². The molecule has 0 aromatic carbocycles. The van der Waals surface area contributed by atoms with E-state index in [1.54, 1.807) is 0 Å². The predicted octanol–water partition coefficient (Wildman–Crippen LogP) is -1.31. The number of hydrogen-bond donors (Lipinski definition) is 4. The van der Waals surface area contributed by atoms with E-state index in [9.17, 15) is 19.2 Å². The summed E-state index contributed by atoms with van der Waals surface area (Å²) >= 11 is 0. The van der Waals surface area contributed by atoms with E-state index in [1.807, 2.05) is 0 Å². The highest BCUT2D eigenvalue weighted by atomic mass is 16.4. The minimum atomic E-state index is -0.894. The van der Waals surface area contributed by atoms with Crippen LogP contribution in [0.4, 0.5) is 0 Å². The lowest BCUT2D eigenvalue weighted by atomic mass is 10.3. The molecule has 1 unspecified atom stereocenters. The lowest BCUT2D eigenvalue weighted by Crippen LogP contribution is -2.50. The Hall–Kier alpha value is -2.24. The average molecular weight is 482 g/mol. The first-order valence-corrected chi connectivity index (χ1v) is 12.0. The molecule has 0 aromatic heterocycles. The zero-order valence-corrected chi connectivity index (χ0v) is 19.8. The van der Waals surface area contributed by atoms with Crippen molar-refractivity contribution < 1.29 is 24.3 Å². The summed E-state index contributed by atoms with van der Waals surface area (Å²) in [4.78, 5) is 53.4. The van der Waals surface area contributed by atoms with Crippen molar-refractivity contribution in [1.29, 1.82) is 0 Å². The summed E-state index contributed by atoms with van der Waals surface area (Å²) < 4.78 is 0. The molecule has 0 aromatic rings. The topological polar surface area (TPSA) is 134 Å². The van der Waals surface area contributed by atoms with Crippen LogP contribution in [0.15, 0.2) is 0 Å². The maximum Gasteiger partial charge on any atom is 0.303 e. The van der Waals surface area contributed by atoms with Crippen molar-refractivity contribution in [2.45, 2.75) is 44.6 Å². The normalized spacial score (nSPS) is 19.8. The number of nitrogens with zero attached hydrogens (tertiary/aromatic N) is 3. The molecule has 11 nitrogen and oxygen atoms in total. The molecule has 4 N–H and O–H groups in total. The van der Waals surface area contributed by atoms with Gasteiger partial charge in [0.25, 0.3) is 0 Å². The molecule has 188 valence electrons. The van der Waals surface area contributed by atoms with E-state index in [1.165, 1.54) is 0 Å². The Kier molecular flexibility index (Phi) is 12.1. The van der Waals surface area contributed by atoms with Crippen LogP contribution in [0.3, 0.4) is 0 Å². The number of aliphatic carboxylic acids is 1. The standard InChI is InChI=1S/C22H40N6O5/c1-26-12-14-27(15-13-26)16-18-4-3-11-28(18)17-21(31)25-10-7-20(30)24-9-6-19(29)23-8-2-5-22(32)33/h18H,2-17H2,1H3,(H,23,29)(H,24,30)(H,25,31)(H,32,33)/i1+1,3+1,4+1,11+1,12+1,13+1,14+1,15+1,16+1,17+1,18+1,25+1,26+1,28+1. The number of carboxylic acid groups (broad SMARTS) is 1. The minimum Gasteiger partial charge on any atom is -0.481 e. The fourth-order valence-electron chi connectivity index (χ4n) is 4.15. The molecule has 0 radical (unpaired) electrons. The predicted molar refractivity (Wildman–Crippen MR) is 124 cm³/mol. The lowest BCUT2D eigenvalue weighted by molar-refractivity contribution is -0.137. The van der Waals surface area contributed by atoms with Crippen LogP contribution in [-0.2, 0) is 19.2 Å². The van der Waals surface area contributed by atoms with Crippen molar-refractivity contribution in [3.8, 4) is 0 Å². The van der Waals surface area contributed by atoms with Crippen LogP contribution in [0.25, 0.3) is 0 Å². The molecule has 33 heavy (non-hydrogen) atoms. The Balaban J connectivity index is 1.52. The number of carboxylic acids is 1. The van der Waals surface area contributed by atoms with Gasteiger partial charge >= 0.3 is 5.97 Å². The Bertz CT molecular complexity index is 653. The number of likely N-dealkylation sites (N-methyl/N-ethyl adjacent to an activating group) is 1. The molecule has 0 saturated carbocycles. The third-order valence-corrected chi connectivity index (χ3v) is 6.15. The second kappa shape index (κ2) is 14.8. The summed E-state index contributed by atoms with van der Waals surface area (Å²) in [6.45, 7) is 7.42. The van der Waals surface area contributed by atoms with Crippen molar-refractivity contribution >= 4 is 23.7 Å². The van der Waals surface area contributed by atoms with Gasteiger partial charge in [-0.05, 0) is 32.9 Å². The molecule has 0 aliphatic carbocycles. The molecule has 2 fully saturated rings. The van der Waals surface area contributed by atoms with E-state index in [0.717, 1.165) is 52.1 Å².